The van der Waals surface area contributed by atoms with Crippen LogP contribution in [0.4, 0.5) is 10.3 Å². The van der Waals surface area contributed by atoms with Crippen LogP contribution in [-0.4, -0.2) is 16.2 Å². The van der Waals surface area contributed by atoms with Gasteiger partial charge in [0.2, 0.25) is 5.95 Å². The van der Waals surface area contributed by atoms with Gasteiger partial charge in [0, 0.05) is 11.8 Å². The first-order valence-electron chi connectivity index (χ1n) is 6.35. The number of imidazole rings is 1. The minimum Gasteiger partial charge on any atom is -0.494 e. The van der Waals surface area contributed by atoms with Crippen LogP contribution in [0.25, 0.3) is 16.7 Å². The van der Waals surface area contributed by atoms with Crippen molar-refractivity contribution in [3.63, 3.8) is 0 Å². The number of halogens is 1. The van der Waals surface area contributed by atoms with E-state index in [-0.39, 0.29) is 5.82 Å². The van der Waals surface area contributed by atoms with E-state index < -0.39 is 0 Å². The highest BCUT2D eigenvalue weighted by Gasteiger charge is 2.10. The molecule has 0 unspecified atom stereocenters. The van der Waals surface area contributed by atoms with Gasteiger partial charge in [-0.2, -0.15) is 0 Å². The molecule has 0 fully saturated rings. The lowest BCUT2D eigenvalue weighted by Crippen LogP contribution is -2.00. The van der Waals surface area contributed by atoms with Crippen molar-refractivity contribution in [1.82, 2.24) is 9.55 Å². The first-order valence-corrected chi connectivity index (χ1v) is 6.35. The van der Waals surface area contributed by atoms with Crippen molar-refractivity contribution in [3.05, 3.63) is 48.3 Å². The molecule has 0 saturated heterocycles. The highest BCUT2D eigenvalue weighted by Crippen LogP contribution is 2.25. The van der Waals surface area contributed by atoms with E-state index in [1.807, 2.05) is 31.2 Å². The summed E-state index contributed by atoms with van der Waals surface area (Å²) in [5.41, 5.74) is 8.10. The van der Waals surface area contributed by atoms with Crippen LogP contribution in [0.15, 0.2) is 42.5 Å². The van der Waals surface area contributed by atoms with Crippen molar-refractivity contribution in [1.29, 1.82) is 0 Å². The molecule has 0 amide bonds. The third-order valence-corrected chi connectivity index (χ3v) is 3.05. The lowest BCUT2D eigenvalue weighted by Gasteiger charge is -2.08. The number of rotatable bonds is 3. The minimum absolute atomic E-state index is 0.325. The molecule has 0 atom stereocenters. The lowest BCUT2D eigenvalue weighted by atomic mass is 10.2. The Labute approximate surface area is 115 Å². The van der Waals surface area contributed by atoms with Gasteiger partial charge in [-0.15, -0.1) is 0 Å². The number of anilines is 1. The molecule has 20 heavy (non-hydrogen) atoms. The molecule has 3 aromatic rings. The highest BCUT2D eigenvalue weighted by atomic mass is 19.1. The molecule has 0 saturated carbocycles. The van der Waals surface area contributed by atoms with Gasteiger partial charge in [-0.3, -0.25) is 4.57 Å². The number of aromatic nitrogens is 2. The number of nitrogens with zero attached hydrogens (tertiary/aromatic N) is 2. The number of fused-ring (bicyclic) bond motifs is 1. The van der Waals surface area contributed by atoms with Gasteiger partial charge >= 0.3 is 0 Å². The van der Waals surface area contributed by atoms with Crippen LogP contribution in [0.1, 0.15) is 6.92 Å². The summed E-state index contributed by atoms with van der Waals surface area (Å²) in [5.74, 6) is 0.800. The average molecular weight is 271 g/mol. The zero-order valence-electron chi connectivity index (χ0n) is 11.0. The van der Waals surface area contributed by atoms with E-state index in [1.54, 1.807) is 10.6 Å². The van der Waals surface area contributed by atoms with Gasteiger partial charge in [-0.1, -0.05) is 0 Å². The lowest BCUT2D eigenvalue weighted by molar-refractivity contribution is 0.340. The SMILES string of the molecule is CCOc1ccc(-n2c(N)nc3cc(F)ccc32)cc1. The van der Waals surface area contributed by atoms with E-state index in [1.165, 1.54) is 12.1 Å². The summed E-state index contributed by atoms with van der Waals surface area (Å²) in [7, 11) is 0. The zero-order valence-corrected chi connectivity index (χ0v) is 11.0. The Balaban J connectivity index is 2.11. The Bertz CT molecular complexity index is 750. The van der Waals surface area contributed by atoms with Crippen LogP contribution >= 0.6 is 0 Å². The van der Waals surface area contributed by atoms with E-state index in [2.05, 4.69) is 4.98 Å². The van der Waals surface area contributed by atoms with Crippen LogP contribution < -0.4 is 10.5 Å². The van der Waals surface area contributed by atoms with Crippen LogP contribution in [-0.2, 0) is 0 Å². The number of ether oxygens (including phenoxy) is 1. The molecular formula is C15H14FN3O. The molecule has 0 aliphatic rings. The van der Waals surface area contributed by atoms with Gasteiger partial charge in [-0.25, -0.2) is 9.37 Å². The first kappa shape index (κ1) is 12.5. The van der Waals surface area contributed by atoms with Gasteiger partial charge in [0.15, 0.2) is 0 Å². The molecule has 0 aliphatic heterocycles. The number of benzene rings is 2. The van der Waals surface area contributed by atoms with Crippen LogP contribution in [0.2, 0.25) is 0 Å². The Morgan fingerprint density at radius 3 is 2.65 bits per heavy atom. The maximum atomic E-state index is 13.2. The van der Waals surface area contributed by atoms with Crippen molar-refractivity contribution in [2.75, 3.05) is 12.3 Å². The quantitative estimate of drug-likeness (QED) is 0.796. The molecule has 0 bridgehead atoms. The van der Waals surface area contributed by atoms with E-state index in [0.29, 0.717) is 18.1 Å². The average Bonchev–Trinajstić information content (AvgIpc) is 2.75. The fourth-order valence-corrected chi connectivity index (χ4v) is 2.20. The van der Waals surface area contributed by atoms with Crippen LogP contribution in [0.3, 0.4) is 0 Å². The Hall–Kier alpha value is -2.56. The standard InChI is InChI=1S/C15H14FN3O/c1-2-20-12-6-4-11(5-7-12)19-14-8-3-10(16)9-13(14)18-15(19)17/h3-9H,2H2,1H3,(H2,17,18). The molecule has 1 heterocycles. The van der Waals surface area contributed by atoms with Gasteiger partial charge in [0.25, 0.3) is 0 Å². The van der Waals surface area contributed by atoms with Gasteiger partial charge in [0.05, 0.1) is 17.6 Å². The molecule has 2 aromatic carbocycles. The summed E-state index contributed by atoms with van der Waals surface area (Å²) in [6, 6.07) is 12.0. The summed E-state index contributed by atoms with van der Waals surface area (Å²) in [6.07, 6.45) is 0. The Morgan fingerprint density at radius 2 is 1.95 bits per heavy atom. The van der Waals surface area contributed by atoms with E-state index in [0.717, 1.165) is 17.0 Å². The predicted molar refractivity (Wildman–Crippen MR) is 76.6 cm³/mol. The fraction of sp³-hybridized carbons (Fsp3) is 0.133. The summed E-state index contributed by atoms with van der Waals surface area (Å²) in [6.45, 7) is 2.55. The summed E-state index contributed by atoms with van der Waals surface area (Å²) in [5, 5.41) is 0. The molecule has 0 spiro atoms. The third-order valence-electron chi connectivity index (χ3n) is 3.05. The molecule has 2 N–H and O–H groups in total. The van der Waals surface area contributed by atoms with Gasteiger partial charge in [0.1, 0.15) is 11.6 Å². The monoisotopic (exact) mass is 271 g/mol. The smallest absolute Gasteiger partial charge is 0.205 e. The largest absolute Gasteiger partial charge is 0.494 e. The maximum absolute atomic E-state index is 13.2. The van der Waals surface area contributed by atoms with E-state index >= 15 is 0 Å². The van der Waals surface area contributed by atoms with E-state index in [9.17, 15) is 4.39 Å². The Morgan fingerprint density at radius 1 is 1.20 bits per heavy atom. The van der Waals surface area contributed by atoms with Crippen molar-refractivity contribution in [3.8, 4) is 11.4 Å². The van der Waals surface area contributed by atoms with Crippen molar-refractivity contribution < 1.29 is 9.13 Å². The number of hydrogen-bond donors (Lipinski definition) is 1. The second kappa shape index (κ2) is 4.85. The van der Waals surface area contributed by atoms with E-state index in [4.69, 9.17) is 10.5 Å². The first-order chi connectivity index (χ1) is 9.69. The molecule has 4 nitrogen and oxygen atoms in total. The number of nitrogens with two attached hydrogens (primary N) is 1. The molecule has 0 aliphatic carbocycles. The maximum Gasteiger partial charge on any atom is 0.205 e. The normalized spacial score (nSPS) is 10.9. The second-order valence-corrected chi connectivity index (χ2v) is 4.37. The fourth-order valence-electron chi connectivity index (χ4n) is 2.20. The molecule has 5 heteroatoms. The topological polar surface area (TPSA) is 53.1 Å². The highest BCUT2D eigenvalue weighted by molar-refractivity contribution is 5.80. The number of nitrogen functional groups attached to an aromatic ring is 1. The summed E-state index contributed by atoms with van der Waals surface area (Å²) in [4.78, 5) is 4.18. The molecule has 3 rings (SSSR count). The third kappa shape index (κ3) is 2.07. The Kier molecular flexibility index (Phi) is 3.02. The minimum atomic E-state index is -0.325. The molecule has 0 radical (unpaired) electrons. The molecule has 102 valence electrons. The van der Waals surface area contributed by atoms with Crippen LogP contribution in [0, 0.1) is 5.82 Å². The molecule has 1 aromatic heterocycles. The zero-order chi connectivity index (χ0) is 14.1. The molecular weight excluding hydrogens is 257 g/mol. The van der Waals surface area contributed by atoms with Gasteiger partial charge < -0.3 is 10.5 Å². The predicted octanol–water partition coefficient (Wildman–Crippen LogP) is 3.15. The van der Waals surface area contributed by atoms with Gasteiger partial charge in [-0.05, 0) is 43.3 Å². The number of hydrogen-bond acceptors (Lipinski definition) is 3. The van der Waals surface area contributed by atoms with Crippen molar-refractivity contribution >= 4 is 17.0 Å². The van der Waals surface area contributed by atoms with Crippen molar-refractivity contribution in [2.45, 2.75) is 6.92 Å². The summed E-state index contributed by atoms with van der Waals surface area (Å²) < 4.78 is 20.4. The summed E-state index contributed by atoms with van der Waals surface area (Å²) >= 11 is 0. The second-order valence-electron chi connectivity index (χ2n) is 4.37. The van der Waals surface area contributed by atoms with Crippen LogP contribution in [0.5, 0.6) is 5.75 Å². The van der Waals surface area contributed by atoms with Crippen molar-refractivity contribution in [2.24, 2.45) is 0 Å².